The zero-order valence-electron chi connectivity index (χ0n) is 9.72. The van der Waals surface area contributed by atoms with Crippen LogP contribution in [0.5, 0.6) is 0 Å². The number of carbonyl (C=O) groups excluding carboxylic acids is 1. The standard InChI is InChI=1S/C10H14O9/c11-4-2-10(18,9(16)17)3-5(8(4)15)19-7(14)1-6(12)13/h4-5,8,11,15,18H,1-3H2,(H,12,13)(H,16,17)/t4-,5-,8-,10+/m1/s1. The molecule has 0 saturated heterocycles. The number of aliphatic carboxylic acids is 2. The number of carboxylic acids is 2. The molecule has 0 heterocycles. The molecule has 0 aromatic carbocycles. The second-order valence-corrected chi connectivity index (χ2v) is 4.40. The van der Waals surface area contributed by atoms with E-state index < -0.39 is 61.1 Å². The topological polar surface area (TPSA) is 162 Å². The van der Waals surface area contributed by atoms with Crippen LogP contribution in [0.2, 0.25) is 0 Å². The zero-order valence-corrected chi connectivity index (χ0v) is 9.72. The summed E-state index contributed by atoms with van der Waals surface area (Å²) in [5.74, 6) is -4.28. The fourth-order valence-corrected chi connectivity index (χ4v) is 1.87. The average Bonchev–Trinajstić information content (AvgIpc) is 2.23. The van der Waals surface area contributed by atoms with Crippen molar-refractivity contribution >= 4 is 17.9 Å². The molecule has 1 aliphatic carbocycles. The lowest BCUT2D eigenvalue weighted by molar-refractivity contribution is -0.198. The molecular formula is C10H14O9. The highest BCUT2D eigenvalue weighted by atomic mass is 16.6. The molecule has 108 valence electrons. The van der Waals surface area contributed by atoms with Crippen LogP contribution in [-0.4, -0.2) is 67.4 Å². The number of aliphatic hydroxyl groups is 3. The third kappa shape index (κ3) is 3.63. The molecule has 0 aromatic rings. The lowest BCUT2D eigenvalue weighted by Crippen LogP contribution is -2.57. The molecule has 4 atom stereocenters. The quantitative estimate of drug-likeness (QED) is 0.281. The molecule has 0 aliphatic heterocycles. The first-order chi connectivity index (χ1) is 8.65. The van der Waals surface area contributed by atoms with Crippen LogP contribution in [0.4, 0.5) is 0 Å². The van der Waals surface area contributed by atoms with Crippen molar-refractivity contribution in [2.24, 2.45) is 0 Å². The first kappa shape index (κ1) is 15.3. The molecule has 9 heteroatoms. The van der Waals surface area contributed by atoms with Gasteiger partial charge in [0.2, 0.25) is 0 Å². The van der Waals surface area contributed by atoms with E-state index in [-0.39, 0.29) is 0 Å². The Kier molecular flexibility index (Phi) is 4.45. The number of ether oxygens (including phenoxy) is 1. The maximum atomic E-state index is 11.1. The number of aliphatic hydroxyl groups excluding tert-OH is 2. The summed E-state index contributed by atoms with van der Waals surface area (Å²) in [6.45, 7) is 0. The van der Waals surface area contributed by atoms with Crippen molar-refractivity contribution in [1.29, 1.82) is 0 Å². The molecule has 0 aromatic heterocycles. The zero-order chi connectivity index (χ0) is 14.8. The van der Waals surface area contributed by atoms with Crippen molar-refractivity contribution in [3.63, 3.8) is 0 Å². The second-order valence-electron chi connectivity index (χ2n) is 4.40. The Morgan fingerprint density at radius 2 is 1.74 bits per heavy atom. The summed E-state index contributed by atoms with van der Waals surface area (Å²) in [5.41, 5.74) is -2.34. The first-order valence-corrected chi connectivity index (χ1v) is 5.39. The number of esters is 1. The van der Waals surface area contributed by atoms with Crippen molar-refractivity contribution in [3.8, 4) is 0 Å². The number of carbonyl (C=O) groups is 3. The Labute approximate surface area is 107 Å². The molecule has 5 N–H and O–H groups in total. The van der Waals surface area contributed by atoms with Crippen LogP contribution in [0, 0.1) is 0 Å². The van der Waals surface area contributed by atoms with Crippen molar-refractivity contribution < 1.29 is 44.7 Å². The highest BCUT2D eigenvalue weighted by Crippen LogP contribution is 2.31. The van der Waals surface area contributed by atoms with E-state index in [0.717, 1.165) is 0 Å². The first-order valence-electron chi connectivity index (χ1n) is 5.39. The summed E-state index contributed by atoms with van der Waals surface area (Å²) < 4.78 is 4.58. The van der Waals surface area contributed by atoms with Gasteiger partial charge in [0.25, 0.3) is 0 Å². The molecule has 0 spiro atoms. The Morgan fingerprint density at radius 1 is 1.16 bits per heavy atom. The van der Waals surface area contributed by atoms with Gasteiger partial charge in [0.05, 0.1) is 6.10 Å². The van der Waals surface area contributed by atoms with Crippen molar-refractivity contribution in [2.45, 2.75) is 43.2 Å². The van der Waals surface area contributed by atoms with Gasteiger partial charge in [-0.2, -0.15) is 0 Å². The summed E-state index contributed by atoms with van der Waals surface area (Å²) in [5, 5.41) is 45.9. The van der Waals surface area contributed by atoms with E-state index in [9.17, 15) is 29.7 Å². The normalized spacial score (nSPS) is 34.6. The lowest BCUT2D eigenvalue weighted by Gasteiger charge is -2.39. The van der Waals surface area contributed by atoms with Gasteiger partial charge in [-0.1, -0.05) is 0 Å². The van der Waals surface area contributed by atoms with E-state index in [1.54, 1.807) is 0 Å². The van der Waals surface area contributed by atoms with Crippen LogP contribution in [0.3, 0.4) is 0 Å². The smallest absolute Gasteiger partial charge is 0.335 e. The molecule has 1 fully saturated rings. The highest BCUT2D eigenvalue weighted by Gasteiger charge is 2.50. The molecule has 1 rings (SSSR count). The molecule has 0 bridgehead atoms. The van der Waals surface area contributed by atoms with Gasteiger partial charge >= 0.3 is 17.9 Å². The summed E-state index contributed by atoms with van der Waals surface area (Å²) in [6, 6.07) is 0. The summed E-state index contributed by atoms with van der Waals surface area (Å²) in [7, 11) is 0. The maximum Gasteiger partial charge on any atom is 0.335 e. The van der Waals surface area contributed by atoms with Crippen LogP contribution >= 0.6 is 0 Å². The van der Waals surface area contributed by atoms with Gasteiger partial charge in [-0.05, 0) is 0 Å². The van der Waals surface area contributed by atoms with E-state index in [1.807, 2.05) is 0 Å². The van der Waals surface area contributed by atoms with Gasteiger partial charge < -0.3 is 30.3 Å². The van der Waals surface area contributed by atoms with Gasteiger partial charge in [0.1, 0.15) is 18.6 Å². The van der Waals surface area contributed by atoms with Crippen LogP contribution in [0.15, 0.2) is 0 Å². The van der Waals surface area contributed by atoms with Gasteiger partial charge in [-0.15, -0.1) is 0 Å². The fraction of sp³-hybridized carbons (Fsp3) is 0.700. The minimum Gasteiger partial charge on any atom is -0.481 e. The number of hydrogen-bond acceptors (Lipinski definition) is 7. The predicted octanol–water partition coefficient (Wildman–Crippen LogP) is -2.30. The molecule has 0 amide bonds. The maximum absolute atomic E-state index is 11.1. The predicted molar refractivity (Wildman–Crippen MR) is 56.0 cm³/mol. The Hall–Kier alpha value is -1.71. The van der Waals surface area contributed by atoms with Crippen molar-refractivity contribution in [3.05, 3.63) is 0 Å². The molecule has 1 aliphatic rings. The van der Waals surface area contributed by atoms with E-state index in [2.05, 4.69) is 4.74 Å². The van der Waals surface area contributed by atoms with Crippen LogP contribution in [0.25, 0.3) is 0 Å². The van der Waals surface area contributed by atoms with Gasteiger partial charge in [0, 0.05) is 12.8 Å². The number of hydrogen-bond donors (Lipinski definition) is 5. The second kappa shape index (κ2) is 5.51. The van der Waals surface area contributed by atoms with E-state index >= 15 is 0 Å². The van der Waals surface area contributed by atoms with Gasteiger partial charge in [0.15, 0.2) is 5.60 Å². The largest absolute Gasteiger partial charge is 0.481 e. The van der Waals surface area contributed by atoms with Gasteiger partial charge in [-0.3, -0.25) is 9.59 Å². The van der Waals surface area contributed by atoms with E-state index in [1.165, 1.54) is 0 Å². The fourth-order valence-electron chi connectivity index (χ4n) is 1.87. The molecular weight excluding hydrogens is 264 g/mol. The summed E-state index contributed by atoms with van der Waals surface area (Å²) >= 11 is 0. The monoisotopic (exact) mass is 278 g/mol. The van der Waals surface area contributed by atoms with Crippen LogP contribution in [0.1, 0.15) is 19.3 Å². The van der Waals surface area contributed by atoms with Crippen molar-refractivity contribution in [1.82, 2.24) is 0 Å². The average molecular weight is 278 g/mol. The highest BCUT2D eigenvalue weighted by molar-refractivity contribution is 5.90. The van der Waals surface area contributed by atoms with Gasteiger partial charge in [-0.25, -0.2) is 4.79 Å². The number of rotatable bonds is 4. The Bertz CT molecular complexity index is 392. The number of carboxylic acid groups (broad SMARTS) is 2. The molecule has 0 radical (unpaired) electrons. The third-order valence-corrected chi connectivity index (χ3v) is 2.84. The Balaban J connectivity index is 2.77. The minimum absolute atomic E-state index is 0.615. The SMILES string of the molecule is O=C(O)CC(=O)O[C@@H]1C[C@](O)(C(=O)O)C[C@@H](O)[C@H]1O. The summed E-state index contributed by atoms with van der Waals surface area (Å²) in [4.78, 5) is 32.3. The summed E-state index contributed by atoms with van der Waals surface area (Å²) in [6.07, 6.45) is -6.89. The van der Waals surface area contributed by atoms with E-state index in [4.69, 9.17) is 10.2 Å². The Morgan fingerprint density at radius 3 is 2.21 bits per heavy atom. The molecule has 0 unspecified atom stereocenters. The lowest BCUT2D eigenvalue weighted by atomic mass is 9.79. The van der Waals surface area contributed by atoms with Crippen LogP contribution < -0.4 is 0 Å². The van der Waals surface area contributed by atoms with Crippen molar-refractivity contribution in [2.75, 3.05) is 0 Å². The third-order valence-electron chi connectivity index (χ3n) is 2.84. The minimum atomic E-state index is -2.34. The van der Waals surface area contributed by atoms with Crippen LogP contribution in [-0.2, 0) is 19.1 Å². The molecule has 1 saturated carbocycles. The molecule has 9 nitrogen and oxygen atoms in total. The van der Waals surface area contributed by atoms with E-state index in [0.29, 0.717) is 0 Å². The molecule has 19 heavy (non-hydrogen) atoms.